The van der Waals surface area contributed by atoms with Gasteiger partial charge >= 0.3 is 0 Å². The Labute approximate surface area is 119 Å². The lowest BCUT2D eigenvalue weighted by atomic mass is 10.1. The molecule has 0 fully saturated rings. The van der Waals surface area contributed by atoms with Crippen LogP contribution in [0.1, 0.15) is 16.7 Å². The molecule has 0 N–H and O–H groups in total. The molecule has 96 valence electrons. The Kier molecular flexibility index (Phi) is 4.18. The fourth-order valence-corrected chi connectivity index (χ4v) is 1.87. The van der Waals surface area contributed by atoms with Crippen molar-refractivity contribution in [2.75, 3.05) is 0 Å². The van der Waals surface area contributed by atoms with Gasteiger partial charge in [-0.3, -0.25) is 0 Å². The molecule has 2 rings (SSSR count). The normalized spacial score (nSPS) is 10.0. The number of ether oxygens (including phenoxy) is 1. The van der Waals surface area contributed by atoms with Crippen LogP contribution in [-0.4, -0.2) is 0 Å². The van der Waals surface area contributed by atoms with Crippen molar-refractivity contribution in [3.63, 3.8) is 0 Å². The number of benzene rings is 2. The molecule has 0 aliphatic heterocycles. The van der Waals surface area contributed by atoms with Gasteiger partial charge in [-0.15, -0.1) is 0 Å². The molecule has 0 spiro atoms. The maximum absolute atomic E-state index is 13.2. The largest absolute Gasteiger partial charge is 0.489 e. The van der Waals surface area contributed by atoms with Crippen molar-refractivity contribution in [3.05, 3.63) is 63.4 Å². The van der Waals surface area contributed by atoms with Crippen molar-refractivity contribution < 1.29 is 9.13 Å². The molecule has 0 radical (unpaired) electrons. The van der Waals surface area contributed by atoms with Crippen LogP contribution in [0.15, 0.2) is 40.9 Å². The summed E-state index contributed by atoms with van der Waals surface area (Å²) in [6, 6.07) is 11.9. The summed E-state index contributed by atoms with van der Waals surface area (Å²) in [5, 5.41) is 8.76. The van der Waals surface area contributed by atoms with E-state index in [1.807, 2.05) is 31.2 Å². The van der Waals surface area contributed by atoms with Gasteiger partial charge in [0, 0.05) is 4.47 Å². The first-order chi connectivity index (χ1) is 9.10. The zero-order valence-corrected chi connectivity index (χ0v) is 11.9. The smallest absolute Gasteiger partial charge is 0.140 e. The molecule has 0 unspecified atom stereocenters. The molecule has 0 atom stereocenters. The van der Waals surface area contributed by atoms with Crippen LogP contribution in [0.25, 0.3) is 0 Å². The summed E-state index contributed by atoms with van der Waals surface area (Å²) in [6.07, 6.45) is 0. The minimum atomic E-state index is -0.509. The molecule has 0 saturated carbocycles. The monoisotopic (exact) mass is 319 g/mol. The second-order valence-corrected chi connectivity index (χ2v) is 4.98. The third kappa shape index (κ3) is 3.33. The van der Waals surface area contributed by atoms with Crippen molar-refractivity contribution in [2.45, 2.75) is 13.5 Å². The molecular weight excluding hydrogens is 309 g/mol. The van der Waals surface area contributed by atoms with Gasteiger partial charge in [0.15, 0.2) is 0 Å². The van der Waals surface area contributed by atoms with Gasteiger partial charge in [0.2, 0.25) is 0 Å². The van der Waals surface area contributed by atoms with Crippen molar-refractivity contribution in [3.8, 4) is 11.8 Å². The van der Waals surface area contributed by atoms with Crippen LogP contribution in [0, 0.1) is 24.1 Å². The average molecular weight is 320 g/mol. The van der Waals surface area contributed by atoms with Gasteiger partial charge in [-0.25, -0.2) is 4.39 Å². The number of nitriles is 1. The first-order valence-corrected chi connectivity index (χ1v) is 6.47. The maximum Gasteiger partial charge on any atom is 0.140 e. The first kappa shape index (κ1) is 13.6. The maximum atomic E-state index is 13.2. The highest BCUT2D eigenvalue weighted by atomic mass is 79.9. The van der Waals surface area contributed by atoms with Crippen LogP contribution in [0.4, 0.5) is 4.39 Å². The Hall–Kier alpha value is -1.86. The summed E-state index contributed by atoms with van der Waals surface area (Å²) in [4.78, 5) is 0. The SMILES string of the molecule is Cc1cc(OCc2ccc(F)c(C#N)c2)ccc1Br. The average Bonchev–Trinajstić information content (AvgIpc) is 2.41. The third-order valence-electron chi connectivity index (χ3n) is 2.69. The third-order valence-corrected chi connectivity index (χ3v) is 3.58. The lowest BCUT2D eigenvalue weighted by molar-refractivity contribution is 0.306. The van der Waals surface area contributed by atoms with Gasteiger partial charge in [-0.05, 0) is 48.4 Å². The number of rotatable bonds is 3. The summed E-state index contributed by atoms with van der Waals surface area (Å²) in [5.41, 5.74) is 1.88. The summed E-state index contributed by atoms with van der Waals surface area (Å²) >= 11 is 3.42. The molecule has 0 saturated heterocycles. The summed E-state index contributed by atoms with van der Waals surface area (Å²) < 4.78 is 19.8. The Balaban J connectivity index is 2.10. The predicted octanol–water partition coefficient (Wildman–Crippen LogP) is 4.35. The van der Waals surface area contributed by atoms with E-state index < -0.39 is 5.82 Å². The Bertz CT molecular complexity index is 649. The number of nitrogens with zero attached hydrogens (tertiary/aromatic N) is 1. The fourth-order valence-electron chi connectivity index (χ4n) is 1.62. The highest BCUT2D eigenvalue weighted by Crippen LogP contribution is 2.22. The van der Waals surface area contributed by atoms with Gasteiger partial charge in [0.1, 0.15) is 24.2 Å². The van der Waals surface area contributed by atoms with E-state index in [2.05, 4.69) is 15.9 Å². The van der Waals surface area contributed by atoms with Gasteiger partial charge in [-0.2, -0.15) is 5.26 Å². The van der Waals surface area contributed by atoms with E-state index in [0.29, 0.717) is 6.61 Å². The second kappa shape index (κ2) is 5.85. The number of halogens is 2. The molecule has 4 heteroatoms. The lowest BCUT2D eigenvalue weighted by Gasteiger charge is -2.08. The molecular formula is C15H11BrFNO. The Morgan fingerprint density at radius 1 is 1.26 bits per heavy atom. The van der Waals surface area contributed by atoms with Crippen LogP contribution in [0.5, 0.6) is 5.75 Å². The minimum absolute atomic E-state index is 0.0353. The molecule has 2 nitrogen and oxygen atoms in total. The quantitative estimate of drug-likeness (QED) is 0.842. The zero-order chi connectivity index (χ0) is 13.8. The van der Waals surface area contributed by atoms with Crippen molar-refractivity contribution >= 4 is 15.9 Å². The van der Waals surface area contributed by atoms with E-state index in [1.165, 1.54) is 12.1 Å². The van der Waals surface area contributed by atoms with Gasteiger partial charge in [0.25, 0.3) is 0 Å². The molecule has 0 heterocycles. The molecule has 0 aliphatic carbocycles. The lowest BCUT2D eigenvalue weighted by Crippen LogP contribution is -1.97. The summed E-state index contributed by atoms with van der Waals surface area (Å²) in [7, 11) is 0. The van der Waals surface area contributed by atoms with Crippen LogP contribution in [0.2, 0.25) is 0 Å². The van der Waals surface area contributed by atoms with Crippen molar-refractivity contribution in [1.82, 2.24) is 0 Å². The number of hydrogen-bond donors (Lipinski definition) is 0. The van der Waals surface area contributed by atoms with E-state index in [9.17, 15) is 4.39 Å². The molecule has 0 amide bonds. The van der Waals surface area contributed by atoms with Crippen LogP contribution >= 0.6 is 15.9 Å². The van der Waals surface area contributed by atoms with E-state index in [4.69, 9.17) is 10.00 Å². The first-order valence-electron chi connectivity index (χ1n) is 5.67. The van der Waals surface area contributed by atoms with E-state index in [-0.39, 0.29) is 5.56 Å². The fraction of sp³-hybridized carbons (Fsp3) is 0.133. The summed E-state index contributed by atoms with van der Waals surface area (Å²) in [6.45, 7) is 2.28. The van der Waals surface area contributed by atoms with Gasteiger partial charge in [-0.1, -0.05) is 22.0 Å². The Morgan fingerprint density at radius 3 is 2.74 bits per heavy atom. The topological polar surface area (TPSA) is 33.0 Å². The van der Waals surface area contributed by atoms with E-state index in [0.717, 1.165) is 21.3 Å². The van der Waals surface area contributed by atoms with Crippen molar-refractivity contribution in [2.24, 2.45) is 0 Å². The highest BCUT2D eigenvalue weighted by molar-refractivity contribution is 9.10. The summed E-state index contributed by atoms with van der Waals surface area (Å²) in [5.74, 6) is 0.231. The van der Waals surface area contributed by atoms with Gasteiger partial charge < -0.3 is 4.74 Å². The molecule has 19 heavy (non-hydrogen) atoms. The molecule has 0 aromatic heterocycles. The van der Waals surface area contributed by atoms with Crippen LogP contribution < -0.4 is 4.74 Å². The minimum Gasteiger partial charge on any atom is -0.489 e. The Morgan fingerprint density at radius 2 is 2.05 bits per heavy atom. The van der Waals surface area contributed by atoms with Crippen LogP contribution in [0.3, 0.4) is 0 Å². The van der Waals surface area contributed by atoms with Gasteiger partial charge in [0.05, 0.1) is 5.56 Å². The molecule has 0 bridgehead atoms. The van der Waals surface area contributed by atoms with E-state index >= 15 is 0 Å². The predicted molar refractivity (Wildman–Crippen MR) is 74.3 cm³/mol. The van der Waals surface area contributed by atoms with E-state index in [1.54, 1.807) is 6.07 Å². The standard InChI is InChI=1S/C15H11BrFNO/c1-10-6-13(3-4-14(10)16)19-9-11-2-5-15(17)12(7-11)8-18/h2-7H,9H2,1H3. The highest BCUT2D eigenvalue weighted by Gasteiger charge is 2.04. The zero-order valence-electron chi connectivity index (χ0n) is 10.3. The molecule has 2 aromatic carbocycles. The number of aryl methyl sites for hydroxylation is 1. The second-order valence-electron chi connectivity index (χ2n) is 4.13. The van der Waals surface area contributed by atoms with Crippen LogP contribution in [-0.2, 0) is 6.61 Å². The molecule has 0 aliphatic rings. The van der Waals surface area contributed by atoms with Crippen molar-refractivity contribution in [1.29, 1.82) is 5.26 Å². The molecule has 2 aromatic rings. The number of hydrogen-bond acceptors (Lipinski definition) is 2.